The average Bonchev–Trinajstić information content (AvgIpc) is 3.82. The van der Waals surface area contributed by atoms with E-state index in [1.807, 2.05) is 18.3 Å². The Balaban J connectivity index is 0.00000578. The SMILES string of the molecule is CC1=C(C)N(c2cc(C(C)(C)c3ccccc3)cc(C(C)(C)c3ccccc3)c2)[CH-]N1c1[c-]c(Oc2[c-]c(C3(c4ccccn4)c4ccccc4-c4ccccc43)ccc2)cc(C(C)(C)C)c1.[Pt]. The van der Waals surface area contributed by atoms with E-state index in [-0.39, 0.29) is 37.3 Å². The number of hydrogen-bond acceptors (Lipinski definition) is 4. The van der Waals surface area contributed by atoms with Gasteiger partial charge in [0.2, 0.25) is 0 Å². The van der Waals surface area contributed by atoms with Crippen LogP contribution in [0.3, 0.4) is 0 Å². The summed E-state index contributed by atoms with van der Waals surface area (Å²) in [5.74, 6) is 1.25. The van der Waals surface area contributed by atoms with Crippen LogP contribution < -0.4 is 14.5 Å². The number of fused-ring (bicyclic) bond motifs is 3. The number of pyridine rings is 1. The third kappa shape index (κ3) is 8.01. The van der Waals surface area contributed by atoms with Crippen LogP contribution in [0.1, 0.15) is 113 Å². The Morgan fingerprint density at radius 3 is 1.60 bits per heavy atom. The van der Waals surface area contributed by atoms with Crippen molar-refractivity contribution in [1.29, 1.82) is 0 Å². The quantitative estimate of drug-likeness (QED) is 0.128. The Morgan fingerprint density at radius 2 is 1.04 bits per heavy atom. The van der Waals surface area contributed by atoms with Crippen molar-refractivity contribution in [2.75, 3.05) is 9.80 Å². The first-order valence-electron chi connectivity index (χ1n) is 23.4. The third-order valence-corrected chi connectivity index (χ3v) is 14.5. The van der Waals surface area contributed by atoms with E-state index >= 15 is 0 Å². The molecule has 1 aromatic heterocycles. The second-order valence-electron chi connectivity index (χ2n) is 20.2. The van der Waals surface area contributed by atoms with E-state index in [2.05, 4.69) is 255 Å². The fourth-order valence-corrected chi connectivity index (χ4v) is 10.2. The van der Waals surface area contributed by atoms with Crippen LogP contribution in [0.25, 0.3) is 11.1 Å². The second kappa shape index (κ2) is 17.9. The first kappa shape index (κ1) is 46.6. The number of rotatable bonds is 10. The fraction of sp³-hybridized carbons (Fsp3) is 0.206. The number of anilines is 2. The first-order chi connectivity index (χ1) is 32.2. The molecule has 10 rings (SSSR count). The van der Waals surface area contributed by atoms with E-state index in [9.17, 15) is 0 Å². The third-order valence-electron chi connectivity index (χ3n) is 14.5. The molecular formula is C63H58N3OPt-3. The molecule has 4 nitrogen and oxygen atoms in total. The monoisotopic (exact) mass is 1070 g/mol. The van der Waals surface area contributed by atoms with E-state index < -0.39 is 5.41 Å². The molecule has 8 aromatic rings. The van der Waals surface area contributed by atoms with Crippen LogP contribution in [-0.2, 0) is 42.7 Å². The van der Waals surface area contributed by atoms with E-state index in [1.54, 1.807) is 0 Å². The molecule has 68 heavy (non-hydrogen) atoms. The Labute approximate surface area is 418 Å². The van der Waals surface area contributed by atoms with E-state index in [4.69, 9.17) is 9.72 Å². The van der Waals surface area contributed by atoms with Crippen LogP contribution >= 0.6 is 0 Å². The Morgan fingerprint density at radius 1 is 0.500 bits per heavy atom. The van der Waals surface area contributed by atoms with Gasteiger partial charge in [0.25, 0.3) is 0 Å². The van der Waals surface area contributed by atoms with Crippen LogP contribution in [0.15, 0.2) is 194 Å². The number of benzene rings is 7. The number of hydrogen-bond donors (Lipinski definition) is 0. The summed E-state index contributed by atoms with van der Waals surface area (Å²) in [6.45, 7) is 22.7. The van der Waals surface area contributed by atoms with Gasteiger partial charge in [0.05, 0.1) is 11.1 Å². The van der Waals surface area contributed by atoms with Crippen molar-refractivity contribution in [3.63, 3.8) is 0 Å². The predicted octanol–water partition coefficient (Wildman–Crippen LogP) is 15.5. The van der Waals surface area contributed by atoms with Crippen LogP contribution in [-0.4, -0.2) is 4.98 Å². The molecule has 344 valence electrons. The standard InChI is InChI=1S/C63H58N3O.Pt/c1-43-44(2)66(42-65(43)51-37-49(61(6,7)45-23-12-10-13-24-45)35-50(38-51)62(8,9)46-25-14-11-15-26-46)52-36-48(60(3,4)5)40-54(41-52)67-53-28-22-27-47(39-53)63(59-33-20-21-34-64-59)57-31-18-16-29-55(57)56-30-17-19-32-58(56)63;/h10-38,40,42H,1-9H3;/q-3;. The molecule has 2 heterocycles. The molecule has 5 heteroatoms. The maximum Gasteiger partial charge on any atom is 0.0663 e. The summed E-state index contributed by atoms with van der Waals surface area (Å²) >= 11 is 0. The summed E-state index contributed by atoms with van der Waals surface area (Å²) < 4.78 is 6.93. The van der Waals surface area contributed by atoms with Crippen molar-refractivity contribution in [1.82, 2.24) is 4.98 Å². The van der Waals surface area contributed by atoms with Gasteiger partial charge in [0.1, 0.15) is 0 Å². The predicted molar refractivity (Wildman–Crippen MR) is 276 cm³/mol. The molecule has 0 atom stereocenters. The maximum absolute atomic E-state index is 6.93. The molecule has 0 spiro atoms. The topological polar surface area (TPSA) is 28.6 Å². The summed E-state index contributed by atoms with van der Waals surface area (Å²) in [4.78, 5) is 9.64. The van der Waals surface area contributed by atoms with Gasteiger partial charge < -0.3 is 14.5 Å². The smallest absolute Gasteiger partial charge is 0.0663 e. The fourth-order valence-electron chi connectivity index (χ4n) is 10.2. The molecule has 0 amide bonds. The number of ether oxygens (including phenoxy) is 1. The molecule has 7 aromatic carbocycles. The van der Waals surface area contributed by atoms with Crippen molar-refractivity contribution < 1.29 is 25.8 Å². The molecule has 0 bridgehead atoms. The van der Waals surface area contributed by atoms with Crippen molar-refractivity contribution in [3.05, 3.63) is 263 Å². The average molecular weight is 1070 g/mol. The van der Waals surface area contributed by atoms with Gasteiger partial charge in [0.15, 0.2) is 0 Å². The molecule has 2 aliphatic rings. The number of nitrogens with zero attached hydrogens (tertiary/aromatic N) is 3. The zero-order valence-electron chi connectivity index (χ0n) is 40.5. The van der Waals surface area contributed by atoms with Gasteiger partial charge in [-0.3, -0.25) is 4.98 Å². The van der Waals surface area contributed by atoms with E-state index in [0.29, 0.717) is 11.5 Å². The van der Waals surface area contributed by atoms with Crippen molar-refractivity contribution in [2.24, 2.45) is 0 Å². The van der Waals surface area contributed by atoms with Gasteiger partial charge in [0, 0.05) is 66.7 Å². The molecule has 0 radical (unpaired) electrons. The largest absolute Gasteiger partial charge is 0.509 e. The van der Waals surface area contributed by atoms with Crippen LogP contribution in [0, 0.1) is 18.8 Å². The summed E-state index contributed by atoms with van der Waals surface area (Å²) in [7, 11) is 0. The van der Waals surface area contributed by atoms with Gasteiger partial charge in [-0.25, -0.2) is 0 Å². The summed E-state index contributed by atoms with van der Waals surface area (Å²) in [5, 5.41) is 0. The summed E-state index contributed by atoms with van der Waals surface area (Å²) in [6.07, 6.45) is 1.89. The zero-order chi connectivity index (χ0) is 46.7. The molecule has 0 saturated carbocycles. The van der Waals surface area contributed by atoms with Gasteiger partial charge in [-0.05, 0) is 88.0 Å². The minimum absolute atomic E-state index is 0. The summed E-state index contributed by atoms with van der Waals surface area (Å²) in [6, 6.07) is 70.6. The van der Waals surface area contributed by atoms with Crippen LogP contribution in [0.2, 0.25) is 0 Å². The summed E-state index contributed by atoms with van der Waals surface area (Å²) in [5.41, 5.74) is 15.9. The Hall–Kier alpha value is -6.48. The van der Waals surface area contributed by atoms with Crippen LogP contribution in [0.4, 0.5) is 11.4 Å². The normalized spacial score (nSPS) is 14.4. The van der Waals surface area contributed by atoms with Gasteiger partial charge in [-0.2, -0.15) is 12.1 Å². The van der Waals surface area contributed by atoms with Crippen LogP contribution in [0.5, 0.6) is 11.5 Å². The Kier molecular flexibility index (Phi) is 12.3. The minimum Gasteiger partial charge on any atom is -0.509 e. The van der Waals surface area contributed by atoms with Gasteiger partial charge in [-0.15, -0.1) is 53.8 Å². The molecule has 1 aliphatic carbocycles. The number of aromatic nitrogens is 1. The first-order valence-corrected chi connectivity index (χ1v) is 23.4. The van der Waals surface area contributed by atoms with Crippen molar-refractivity contribution >= 4 is 11.4 Å². The zero-order valence-corrected chi connectivity index (χ0v) is 42.7. The Bertz CT molecular complexity index is 3030. The molecule has 0 saturated heterocycles. The van der Waals surface area contributed by atoms with Gasteiger partial charge in [-0.1, -0.05) is 170 Å². The maximum atomic E-state index is 6.93. The molecule has 1 aliphatic heterocycles. The molecule has 0 unspecified atom stereocenters. The van der Waals surface area contributed by atoms with E-state index in [0.717, 1.165) is 39.6 Å². The van der Waals surface area contributed by atoms with E-state index in [1.165, 1.54) is 44.5 Å². The second-order valence-corrected chi connectivity index (χ2v) is 20.2. The number of allylic oxidation sites excluding steroid dienone is 2. The van der Waals surface area contributed by atoms with Gasteiger partial charge >= 0.3 is 0 Å². The molecular weight excluding hydrogens is 1010 g/mol. The minimum atomic E-state index is -0.687. The molecule has 0 fully saturated rings. The van der Waals surface area contributed by atoms with Crippen molar-refractivity contribution in [2.45, 2.75) is 84.0 Å². The molecule has 0 N–H and O–H groups in total. The van der Waals surface area contributed by atoms with Crippen molar-refractivity contribution in [3.8, 4) is 22.6 Å².